The van der Waals surface area contributed by atoms with Crippen molar-refractivity contribution in [2.24, 2.45) is 0 Å². The largest absolute Gasteiger partial charge is 0.497 e. The molecule has 2 heterocycles. The van der Waals surface area contributed by atoms with Gasteiger partial charge < -0.3 is 9.07 Å². The molecular weight excluding hydrogens is 337 g/mol. The fraction of sp³-hybridized carbons (Fsp3) is 0.267. The maximum Gasteiger partial charge on any atom is 0.127 e. The molecule has 110 valence electrons. The predicted octanol–water partition coefficient (Wildman–Crippen LogP) is 4.33. The zero-order valence-corrected chi connectivity index (χ0v) is 15.7. The summed E-state index contributed by atoms with van der Waals surface area (Å²) in [6.07, 6.45) is 0. The summed E-state index contributed by atoms with van der Waals surface area (Å²) >= 11 is 13.4. The molecule has 1 aromatic carbocycles. The van der Waals surface area contributed by atoms with E-state index < -0.39 is 5.39 Å². The van der Waals surface area contributed by atoms with Gasteiger partial charge in [-0.2, -0.15) is 0 Å². The van der Waals surface area contributed by atoms with Crippen LogP contribution in [0.15, 0.2) is 24.3 Å². The monoisotopic (exact) mass is 353 g/mol. The molecule has 1 atom stereocenters. The highest BCUT2D eigenvalue weighted by molar-refractivity contribution is 8.80. The van der Waals surface area contributed by atoms with Gasteiger partial charge in [0.25, 0.3) is 0 Å². The number of benzene rings is 1. The minimum absolute atomic E-state index is 0.851. The van der Waals surface area contributed by atoms with Crippen molar-refractivity contribution in [3.63, 3.8) is 0 Å². The number of fused-ring (bicyclic) bond motifs is 1. The van der Waals surface area contributed by atoms with Crippen LogP contribution in [0, 0.1) is 20.8 Å². The molecule has 6 heteroatoms. The van der Waals surface area contributed by atoms with Crippen LogP contribution in [0.2, 0.25) is 0 Å². The van der Waals surface area contributed by atoms with E-state index in [1.165, 1.54) is 22.1 Å². The molecule has 0 bridgehead atoms. The Morgan fingerprint density at radius 3 is 2.29 bits per heavy atom. The van der Waals surface area contributed by atoms with E-state index in [-0.39, 0.29) is 0 Å². The molecule has 0 saturated heterocycles. The quantitative estimate of drug-likeness (QED) is 0.589. The zero-order valence-electron chi connectivity index (χ0n) is 12.3. The van der Waals surface area contributed by atoms with Crippen molar-refractivity contribution in [3.8, 4) is 5.75 Å². The number of hydrogen-bond donors (Lipinski definition) is 0. The predicted molar refractivity (Wildman–Crippen MR) is 100 cm³/mol. The first-order valence-electron chi connectivity index (χ1n) is 6.58. The summed E-state index contributed by atoms with van der Waals surface area (Å²) in [5.74, 6) is 0.851. The van der Waals surface area contributed by atoms with Crippen molar-refractivity contribution < 1.29 is 4.74 Å². The minimum atomic E-state index is -1.97. The van der Waals surface area contributed by atoms with Gasteiger partial charge in [-0.1, -0.05) is 24.0 Å². The molecule has 0 fully saturated rings. The number of aromatic nitrogens is 1. The fourth-order valence-electron chi connectivity index (χ4n) is 2.64. The second-order valence-corrected chi connectivity index (χ2v) is 12.7. The Kier molecular flexibility index (Phi) is 3.81. The lowest BCUT2D eigenvalue weighted by Gasteiger charge is -2.20. The lowest BCUT2D eigenvalue weighted by molar-refractivity contribution is 0.415. The van der Waals surface area contributed by atoms with Gasteiger partial charge in [0, 0.05) is 11.0 Å². The van der Waals surface area contributed by atoms with E-state index >= 15 is 0 Å². The molecule has 0 saturated carbocycles. The summed E-state index contributed by atoms with van der Waals surface area (Å²) in [6.45, 7) is 6.43. The Morgan fingerprint density at radius 2 is 1.71 bits per heavy atom. The van der Waals surface area contributed by atoms with Gasteiger partial charge in [-0.15, -0.1) is 0 Å². The van der Waals surface area contributed by atoms with Crippen LogP contribution in [-0.4, -0.2) is 15.6 Å². The van der Waals surface area contributed by atoms with Gasteiger partial charge in [-0.05, 0) is 67.5 Å². The molecular formula is C15H16NOPS3. The second-order valence-electron chi connectivity index (χ2n) is 5.09. The molecule has 3 rings (SSSR count). The molecule has 0 N–H and O–H groups in total. The van der Waals surface area contributed by atoms with Gasteiger partial charge in [-0.3, -0.25) is 0 Å². The molecule has 0 amide bonds. The van der Waals surface area contributed by atoms with E-state index in [1.807, 2.05) is 12.1 Å². The van der Waals surface area contributed by atoms with Crippen LogP contribution in [0.25, 0.3) is 0 Å². The van der Waals surface area contributed by atoms with Crippen molar-refractivity contribution in [1.29, 1.82) is 0 Å². The highest BCUT2D eigenvalue weighted by Crippen LogP contribution is 2.67. The number of rotatable bonds is 2. The molecule has 0 spiro atoms. The molecule has 1 aliphatic heterocycles. The smallest absolute Gasteiger partial charge is 0.127 e. The summed E-state index contributed by atoms with van der Waals surface area (Å²) in [7, 11) is 1.67. The highest BCUT2D eigenvalue weighted by atomic mass is 32.9. The lowest BCUT2D eigenvalue weighted by atomic mass is 10.2. The Labute approximate surface area is 139 Å². The Bertz CT molecular complexity index is 792. The van der Waals surface area contributed by atoms with Crippen LogP contribution in [0.3, 0.4) is 0 Å². The zero-order chi connectivity index (χ0) is 15.4. The Hall–Kier alpha value is -0.610. The van der Waals surface area contributed by atoms with E-state index in [2.05, 4.69) is 37.2 Å². The average Bonchev–Trinajstić information content (AvgIpc) is 2.89. The topological polar surface area (TPSA) is 14.2 Å². The van der Waals surface area contributed by atoms with Gasteiger partial charge in [0.05, 0.1) is 12.8 Å². The van der Waals surface area contributed by atoms with Crippen LogP contribution < -0.4 is 10.0 Å². The number of ether oxygens (including phenoxy) is 1. The van der Waals surface area contributed by atoms with Crippen LogP contribution in [-0.2, 0) is 11.8 Å². The molecule has 21 heavy (non-hydrogen) atoms. The van der Waals surface area contributed by atoms with Crippen molar-refractivity contribution in [2.75, 3.05) is 7.11 Å². The number of nitrogens with zero attached hydrogens (tertiary/aromatic N) is 1. The van der Waals surface area contributed by atoms with Gasteiger partial charge in [0.1, 0.15) is 15.3 Å². The average molecular weight is 353 g/mol. The molecule has 1 aromatic heterocycles. The number of methoxy groups -OCH3 is 1. The lowest BCUT2D eigenvalue weighted by Crippen LogP contribution is -2.07. The second kappa shape index (κ2) is 5.24. The van der Waals surface area contributed by atoms with Crippen molar-refractivity contribution >= 4 is 50.3 Å². The molecule has 0 radical (unpaired) electrons. The standard InChI is InChI=1S/C15H16NOPS3/c1-9-10(2)14-15(19)21-18(20,16(14)11(9)3)13-7-5-12(17-4)6-8-13/h5-8H,1-4H3/t18-/m0/s1. The number of hydrogen-bond acceptors (Lipinski definition) is 4. The van der Waals surface area contributed by atoms with E-state index in [1.54, 1.807) is 18.5 Å². The summed E-state index contributed by atoms with van der Waals surface area (Å²) in [5.41, 5.74) is 4.97. The first-order valence-corrected chi connectivity index (χ1v) is 11.2. The van der Waals surface area contributed by atoms with Crippen molar-refractivity contribution in [2.45, 2.75) is 20.8 Å². The summed E-state index contributed by atoms with van der Waals surface area (Å²) in [5, 5.41) is -0.804. The first kappa shape index (κ1) is 15.3. The Morgan fingerprint density at radius 1 is 1.10 bits per heavy atom. The molecule has 0 aliphatic carbocycles. The molecule has 2 aromatic rings. The summed E-state index contributed by atoms with van der Waals surface area (Å²) < 4.78 is 8.50. The van der Waals surface area contributed by atoms with Crippen LogP contribution in [0.4, 0.5) is 0 Å². The summed E-state index contributed by atoms with van der Waals surface area (Å²) in [4.78, 5) is 0. The van der Waals surface area contributed by atoms with Crippen molar-refractivity contribution in [1.82, 2.24) is 4.34 Å². The van der Waals surface area contributed by atoms with E-state index in [0.717, 1.165) is 15.6 Å². The summed E-state index contributed by atoms with van der Waals surface area (Å²) in [6, 6.07) is 8.11. The highest BCUT2D eigenvalue weighted by Gasteiger charge is 2.38. The molecule has 2 nitrogen and oxygen atoms in total. The maximum absolute atomic E-state index is 6.11. The fourth-order valence-corrected chi connectivity index (χ4v) is 11.1. The third-order valence-electron chi connectivity index (χ3n) is 4.05. The van der Waals surface area contributed by atoms with E-state index in [0.29, 0.717) is 0 Å². The van der Waals surface area contributed by atoms with Crippen LogP contribution in [0.5, 0.6) is 5.75 Å². The van der Waals surface area contributed by atoms with Crippen molar-refractivity contribution in [3.05, 3.63) is 46.8 Å². The van der Waals surface area contributed by atoms with E-state index in [9.17, 15) is 0 Å². The SMILES string of the molecule is COc1ccc([P@]2(=S)SC(=S)c3c(C)c(C)c(C)n32)cc1. The first-order chi connectivity index (χ1) is 9.90. The number of thiocarbonyl (C=S) groups is 1. The van der Waals surface area contributed by atoms with Crippen LogP contribution >= 0.6 is 29.0 Å². The van der Waals surface area contributed by atoms with E-state index in [4.69, 9.17) is 28.8 Å². The van der Waals surface area contributed by atoms with Gasteiger partial charge in [0.15, 0.2) is 0 Å². The van der Waals surface area contributed by atoms with Gasteiger partial charge in [-0.25, -0.2) is 0 Å². The molecule has 1 aliphatic rings. The van der Waals surface area contributed by atoms with Gasteiger partial charge in [0.2, 0.25) is 0 Å². The normalized spacial score (nSPS) is 20.7. The van der Waals surface area contributed by atoms with Gasteiger partial charge >= 0.3 is 0 Å². The molecule has 0 unspecified atom stereocenters. The Balaban J connectivity index is 2.23. The van der Waals surface area contributed by atoms with Crippen LogP contribution in [0.1, 0.15) is 22.5 Å². The third-order valence-corrected chi connectivity index (χ3v) is 11.7. The minimum Gasteiger partial charge on any atom is -0.497 e. The third kappa shape index (κ3) is 2.14. The maximum atomic E-state index is 6.11.